The van der Waals surface area contributed by atoms with Crippen LogP contribution < -0.4 is 0 Å². The summed E-state index contributed by atoms with van der Waals surface area (Å²) in [7, 11) is 1.89. The van der Waals surface area contributed by atoms with Gasteiger partial charge in [-0.3, -0.25) is 9.36 Å². The normalized spacial score (nSPS) is 10.9. The minimum atomic E-state index is -0.930. The van der Waals surface area contributed by atoms with Gasteiger partial charge in [0, 0.05) is 7.05 Å². The Hall–Kier alpha value is -2.11. The zero-order valence-electron chi connectivity index (χ0n) is 11.6. The number of aromatic carboxylic acids is 1. The summed E-state index contributed by atoms with van der Waals surface area (Å²) in [5.74, 6) is -0.930. The van der Waals surface area contributed by atoms with E-state index in [0.717, 1.165) is 17.8 Å². The van der Waals surface area contributed by atoms with Crippen molar-refractivity contribution in [2.24, 2.45) is 7.05 Å². The molecule has 0 aliphatic carbocycles. The molecule has 6 heteroatoms. The number of aromatic nitrogens is 4. The third-order valence-corrected chi connectivity index (χ3v) is 3.30. The van der Waals surface area contributed by atoms with Crippen LogP contribution in [-0.4, -0.2) is 30.6 Å². The van der Waals surface area contributed by atoms with Crippen LogP contribution >= 0.6 is 0 Å². The third-order valence-electron chi connectivity index (χ3n) is 3.30. The molecule has 102 valence electrons. The van der Waals surface area contributed by atoms with E-state index in [0.29, 0.717) is 17.9 Å². The molecule has 0 aliphatic heterocycles. The first kappa shape index (κ1) is 13.3. The SMILES string of the molecule is CCc1cc(Cn2nc(C)c(C(=O)O)c2C)n(C)n1. The number of carboxylic acids is 1. The van der Waals surface area contributed by atoms with Gasteiger partial charge in [0.15, 0.2) is 0 Å². The maximum atomic E-state index is 11.2. The third kappa shape index (κ3) is 2.38. The Labute approximate surface area is 111 Å². The molecule has 0 atom stereocenters. The van der Waals surface area contributed by atoms with Crippen LogP contribution in [0.3, 0.4) is 0 Å². The predicted molar refractivity (Wildman–Crippen MR) is 70.3 cm³/mol. The molecule has 0 spiro atoms. The van der Waals surface area contributed by atoms with Gasteiger partial charge >= 0.3 is 5.97 Å². The number of carboxylic acid groups (broad SMARTS) is 1. The molecule has 0 saturated carbocycles. The van der Waals surface area contributed by atoms with Gasteiger partial charge in [-0.05, 0) is 26.3 Å². The molecule has 0 radical (unpaired) electrons. The molecular formula is C13H18N4O2. The zero-order valence-corrected chi connectivity index (χ0v) is 11.6. The van der Waals surface area contributed by atoms with Gasteiger partial charge in [-0.15, -0.1) is 0 Å². The summed E-state index contributed by atoms with van der Waals surface area (Å²) in [6.45, 7) is 6.08. The molecule has 1 N–H and O–H groups in total. The van der Waals surface area contributed by atoms with Crippen molar-refractivity contribution in [3.8, 4) is 0 Å². The maximum absolute atomic E-state index is 11.2. The van der Waals surface area contributed by atoms with Gasteiger partial charge in [0.1, 0.15) is 5.56 Å². The van der Waals surface area contributed by atoms with Crippen molar-refractivity contribution in [3.05, 3.63) is 34.4 Å². The summed E-state index contributed by atoms with van der Waals surface area (Å²) in [5, 5.41) is 17.8. The quantitative estimate of drug-likeness (QED) is 0.907. The molecular weight excluding hydrogens is 244 g/mol. The minimum absolute atomic E-state index is 0.290. The van der Waals surface area contributed by atoms with Gasteiger partial charge in [0.2, 0.25) is 0 Å². The Morgan fingerprint density at radius 2 is 2.05 bits per heavy atom. The van der Waals surface area contributed by atoms with Crippen molar-refractivity contribution in [1.29, 1.82) is 0 Å². The van der Waals surface area contributed by atoms with Crippen LogP contribution in [0.1, 0.15) is 40.1 Å². The molecule has 0 aromatic carbocycles. The molecule has 2 heterocycles. The second kappa shape index (κ2) is 4.87. The fourth-order valence-corrected chi connectivity index (χ4v) is 2.21. The van der Waals surface area contributed by atoms with E-state index < -0.39 is 5.97 Å². The highest BCUT2D eigenvalue weighted by Gasteiger charge is 2.18. The van der Waals surface area contributed by atoms with Crippen molar-refractivity contribution in [1.82, 2.24) is 19.6 Å². The lowest BCUT2D eigenvalue weighted by Gasteiger charge is -2.04. The number of hydrogen-bond donors (Lipinski definition) is 1. The second-order valence-electron chi connectivity index (χ2n) is 4.61. The lowest BCUT2D eigenvalue weighted by molar-refractivity contribution is 0.0695. The Morgan fingerprint density at radius 3 is 2.53 bits per heavy atom. The predicted octanol–water partition coefficient (Wildman–Crippen LogP) is 1.54. The first-order valence-corrected chi connectivity index (χ1v) is 6.23. The highest BCUT2D eigenvalue weighted by Crippen LogP contribution is 2.15. The fourth-order valence-electron chi connectivity index (χ4n) is 2.21. The number of nitrogens with zero attached hydrogens (tertiary/aromatic N) is 4. The highest BCUT2D eigenvalue weighted by molar-refractivity contribution is 5.90. The summed E-state index contributed by atoms with van der Waals surface area (Å²) in [4.78, 5) is 11.2. The summed E-state index contributed by atoms with van der Waals surface area (Å²) in [6.07, 6.45) is 0.880. The summed E-state index contributed by atoms with van der Waals surface area (Å²) >= 11 is 0. The van der Waals surface area contributed by atoms with Gasteiger partial charge in [-0.1, -0.05) is 6.92 Å². The number of hydrogen-bond acceptors (Lipinski definition) is 3. The van der Waals surface area contributed by atoms with Crippen molar-refractivity contribution in [2.45, 2.75) is 33.7 Å². The molecule has 0 amide bonds. The van der Waals surface area contributed by atoms with Crippen molar-refractivity contribution in [3.63, 3.8) is 0 Å². The van der Waals surface area contributed by atoms with Crippen molar-refractivity contribution in [2.75, 3.05) is 0 Å². The van der Waals surface area contributed by atoms with E-state index in [1.54, 1.807) is 18.5 Å². The molecule has 0 saturated heterocycles. The number of aryl methyl sites for hydroxylation is 3. The molecule has 0 aliphatic rings. The van der Waals surface area contributed by atoms with Gasteiger partial charge in [0.25, 0.3) is 0 Å². The van der Waals surface area contributed by atoms with Crippen molar-refractivity contribution >= 4 is 5.97 Å². The van der Waals surface area contributed by atoms with Crippen LogP contribution in [0.2, 0.25) is 0 Å². The Morgan fingerprint density at radius 1 is 1.37 bits per heavy atom. The van der Waals surface area contributed by atoms with Crippen LogP contribution in [0.25, 0.3) is 0 Å². The second-order valence-corrected chi connectivity index (χ2v) is 4.61. The van der Waals surface area contributed by atoms with E-state index in [-0.39, 0.29) is 5.56 Å². The van der Waals surface area contributed by atoms with E-state index in [1.165, 1.54) is 0 Å². The van der Waals surface area contributed by atoms with E-state index in [2.05, 4.69) is 17.1 Å². The van der Waals surface area contributed by atoms with Crippen LogP contribution in [-0.2, 0) is 20.0 Å². The Bertz CT molecular complexity index is 625. The van der Waals surface area contributed by atoms with Gasteiger partial charge in [-0.2, -0.15) is 10.2 Å². The lowest BCUT2D eigenvalue weighted by atomic mass is 10.2. The summed E-state index contributed by atoms with van der Waals surface area (Å²) < 4.78 is 3.53. The monoisotopic (exact) mass is 262 g/mol. The Kier molecular flexibility index (Phi) is 3.42. The number of carbonyl (C=O) groups is 1. The smallest absolute Gasteiger partial charge is 0.339 e. The first-order valence-electron chi connectivity index (χ1n) is 6.23. The highest BCUT2D eigenvalue weighted by atomic mass is 16.4. The molecule has 0 unspecified atom stereocenters. The van der Waals surface area contributed by atoms with Crippen LogP contribution in [0.5, 0.6) is 0 Å². The number of rotatable bonds is 4. The van der Waals surface area contributed by atoms with Gasteiger partial charge in [0.05, 0.1) is 29.3 Å². The van der Waals surface area contributed by atoms with Crippen LogP contribution in [0, 0.1) is 13.8 Å². The largest absolute Gasteiger partial charge is 0.478 e. The topological polar surface area (TPSA) is 72.9 Å². The first-order chi connectivity index (χ1) is 8.93. The molecule has 2 aromatic rings. The van der Waals surface area contributed by atoms with Gasteiger partial charge in [-0.25, -0.2) is 4.79 Å². The lowest BCUT2D eigenvalue weighted by Crippen LogP contribution is -2.09. The standard InChI is InChI=1S/C13H18N4O2/c1-5-10-6-11(16(4)15-10)7-17-9(3)12(13(18)19)8(2)14-17/h6H,5,7H2,1-4H3,(H,18,19). The molecule has 0 bridgehead atoms. The Balaban J connectivity index is 2.36. The molecule has 2 aromatic heterocycles. The molecule has 2 rings (SSSR count). The average molecular weight is 262 g/mol. The minimum Gasteiger partial charge on any atom is -0.478 e. The van der Waals surface area contributed by atoms with E-state index >= 15 is 0 Å². The van der Waals surface area contributed by atoms with Crippen molar-refractivity contribution < 1.29 is 9.90 Å². The summed E-state index contributed by atoms with van der Waals surface area (Å²) in [5.41, 5.74) is 3.54. The van der Waals surface area contributed by atoms with Crippen LogP contribution in [0.4, 0.5) is 0 Å². The maximum Gasteiger partial charge on any atom is 0.339 e. The zero-order chi connectivity index (χ0) is 14.2. The fraction of sp³-hybridized carbons (Fsp3) is 0.462. The van der Waals surface area contributed by atoms with E-state index in [9.17, 15) is 4.79 Å². The molecule has 6 nitrogen and oxygen atoms in total. The molecule has 0 fully saturated rings. The molecule has 19 heavy (non-hydrogen) atoms. The van der Waals surface area contributed by atoms with Gasteiger partial charge < -0.3 is 5.11 Å². The van der Waals surface area contributed by atoms with Crippen LogP contribution in [0.15, 0.2) is 6.07 Å². The summed E-state index contributed by atoms with van der Waals surface area (Å²) in [6, 6.07) is 2.02. The average Bonchev–Trinajstić information content (AvgIpc) is 2.81. The van der Waals surface area contributed by atoms with E-state index in [1.807, 2.05) is 17.8 Å². The van der Waals surface area contributed by atoms with E-state index in [4.69, 9.17) is 5.11 Å².